The maximum absolute atomic E-state index is 14.3. The number of hydrogen-bond acceptors (Lipinski definition) is 4. The molecule has 0 aromatic rings. The van der Waals surface area contributed by atoms with Gasteiger partial charge in [0.2, 0.25) is 0 Å². The maximum atomic E-state index is 14.3. The standard InChI is InChI=1S/C31H44O4/c1-26(2)13-15-31(25(34)35-8)16-14-30(7)24(19(31)18-26)20(32)17-22-28(5)11-10-23(33)27(3,4)21(28)9-12-29(22,30)6/h10-11,17,19,21,24H,9,12-16,18H2,1-8H3/t19?,21-,24?,28-,29+,30+,31-/m0/s1. The van der Waals surface area contributed by atoms with Crippen molar-refractivity contribution < 1.29 is 19.1 Å². The molecule has 0 saturated heterocycles. The van der Waals surface area contributed by atoms with E-state index in [1.165, 1.54) is 12.7 Å². The Labute approximate surface area is 211 Å². The minimum absolute atomic E-state index is 0.00465. The predicted octanol–water partition coefficient (Wildman–Crippen LogP) is 6.49. The van der Waals surface area contributed by atoms with Crippen molar-refractivity contribution in [2.75, 3.05) is 7.11 Å². The molecule has 0 aromatic heterocycles. The highest BCUT2D eigenvalue weighted by Gasteiger charge is 2.70. The molecule has 192 valence electrons. The van der Waals surface area contributed by atoms with Gasteiger partial charge in [0.25, 0.3) is 0 Å². The van der Waals surface area contributed by atoms with Crippen molar-refractivity contribution in [1.82, 2.24) is 0 Å². The summed E-state index contributed by atoms with van der Waals surface area (Å²) < 4.78 is 5.41. The second kappa shape index (κ2) is 7.19. The number of allylic oxidation sites excluding steroid dienone is 4. The van der Waals surface area contributed by atoms with Crippen LogP contribution in [0.25, 0.3) is 0 Å². The topological polar surface area (TPSA) is 60.4 Å². The largest absolute Gasteiger partial charge is 0.469 e. The first kappa shape index (κ1) is 25.0. The molecule has 3 fully saturated rings. The molecule has 3 saturated carbocycles. The van der Waals surface area contributed by atoms with Crippen LogP contribution < -0.4 is 0 Å². The highest BCUT2D eigenvalue weighted by molar-refractivity contribution is 5.98. The zero-order valence-corrected chi connectivity index (χ0v) is 23.0. The maximum Gasteiger partial charge on any atom is 0.312 e. The lowest BCUT2D eigenvalue weighted by molar-refractivity contribution is -0.191. The Morgan fingerprint density at radius 3 is 2.26 bits per heavy atom. The molecule has 35 heavy (non-hydrogen) atoms. The third kappa shape index (κ3) is 2.95. The monoisotopic (exact) mass is 480 g/mol. The third-order valence-electron chi connectivity index (χ3n) is 12.3. The van der Waals surface area contributed by atoms with Crippen LogP contribution in [0.3, 0.4) is 0 Å². The molecule has 0 spiro atoms. The molecule has 0 heterocycles. The van der Waals surface area contributed by atoms with Gasteiger partial charge >= 0.3 is 5.97 Å². The van der Waals surface area contributed by atoms with Crippen LogP contribution in [-0.2, 0) is 19.1 Å². The molecule has 0 N–H and O–H groups in total. The van der Waals surface area contributed by atoms with E-state index in [4.69, 9.17) is 4.74 Å². The van der Waals surface area contributed by atoms with Crippen molar-refractivity contribution in [3.8, 4) is 0 Å². The average Bonchev–Trinajstić information content (AvgIpc) is 2.77. The summed E-state index contributed by atoms with van der Waals surface area (Å²) in [6.07, 6.45) is 12.1. The predicted molar refractivity (Wildman–Crippen MR) is 136 cm³/mol. The molecule has 0 aliphatic heterocycles. The Morgan fingerprint density at radius 1 is 0.943 bits per heavy atom. The van der Waals surface area contributed by atoms with Gasteiger partial charge in [-0.15, -0.1) is 0 Å². The summed E-state index contributed by atoms with van der Waals surface area (Å²) in [6, 6.07) is 0. The van der Waals surface area contributed by atoms with E-state index in [1.807, 2.05) is 6.08 Å². The van der Waals surface area contributed by atoms with Crippen LogP contribution >= 0.6 is 0 Å². The van der Waals surface area contributed by atoms with Crippen LogP contribution in [-0.4, -0.2) is 24.6 Å². The van der Waals surface area contributed by atoms with E-state index in [1.54, 1.807) is 6.08 Å². The lowest BCUT2D eigenvalue weighted by atomic mass is 9.34. The van der Waals surface area contributed by atoms with Gasteiger partial charge < -0.3 is 4.74 Å². The van der Waals surface area contributed by atoms with Gasteiger partial charge in [0.15, 0.2) is 11.6 Å². The summed E-state index contributed by atoms with van der Waals surface area (Å²) in [7, 11) is 1.50. The molecule has 5 rings (SSSR count). The number of carbonyl (C=O) groups is 3. The third-order valence-corrected chi connectivity index (χ3v) is 12.3. The molecular formula is C31H44O4. The Hall–Kier alpha value is -1.71. The molecular weight excluding hydrogens is 436 g/mol. The lowest BCUT2D eigenvalue weighted by Gasteiger charge is -2.68. The van der Waals surface area contributed by atoms with Crippen LogP contribution in [0.1, 0.15) is 93.4 Å². The van der Waals surface area contributed by atoms with Crippen molar-refractivity contribution in [3.63, 3.8) is 0 Å². The smallest absolute Gasteiger partial charge is 0.312 e. The summed E-state index contributed by atoms with van der Waals surface area (Å²) >= 11 is 0. The van der Waals surface area contributed by atoms with E-state index in [0.717, 1.165) is 44.9 Å². The van der Waals surface area contributed by atoms with Crippen LogP contribution in [0.5, 0.6) is 0 Å². The van der Waals surface area contributed by atoms with E-state index in [9.17, 15) is 14.4 Å². The molecule has 5 aliphatic rings. The van der Waals surface area contributed by atoms with Crippen molar-refractivity contribution in [1.29, 1.82) is 0 Å². The highest BCUT2D eigenvalue weighted by Crippen LogP contribution is 2.74. The normalized spacial score (nSPS) is 47.5. The van der Waals surface area contributed by atoms with Crippen molar-refractivity contribution in [2.24, 2.45) is 50.2 Å². The second-order valence-electron chi connectivity index (χ2n) is 14.6. The molecule has 4 nitrogen and oxygen atoms in total. The van der Waals surface area contributed by atoms with E-state index < -0.39 is 10.8 Å². The van der Waals surface area contributed by atoms with E-state index in [2.05, 4.69) is 54.5 Å². The highest BCUT2D eigenvalue weighted by atomic mass is 16.5. The van der Waals surface area contributed by atoms with Gasteiger partial charge in [-0.1, -0.05) is 60.1 Å². The van der Waals surface area contributed by atoms with Crippen LogP contribution in [0, 0.1) is 50.2 Å². The lowest BCUT2D eigenvalue weighted by Crippen LogP contribution is -2.65. The van der Waals surface area contributed by atoms with Crippen molar-refractivity contribution >= 4 is 17.5 Å². The fraction of sp³-hybridized carbons (Fsp3) is 0.774. The number of esters is 1. The molecule has 7 atom stereocenters. The molecule has 0 radical (unpaired) electrons. The van der Waals surface area contributed by atoms with E-state index in [0.29, 0.717) is 0 Å². The van der Waals surface area contributed by atoms with Crippen molar-refractivity contribution in [3.05, 3.63) is 23.8 Å². The van der Waals surface area contributed by atoms with Gasteiger partial charge in [-0.2, -0.15) is 0 Å². The van der Waals surface area contributed by atoms with Crippen LogP contribution in [0.4, 0.5) is 0 Å². The SMILES string of the molecule is COC(=O)[C@]12CCC(C)(C)CC1C1C(=O)C=C3[C@@]4(C)C=CC(=O)C(C)(C)[C@@H]4CC[C@@]3(C)[C@]1(C)CC2. The second-order valence-corrected chi connectivity index (χ2v) is 14.6. The minimum Gasteiger partial charge on any atom is -0.469 e. The van der Waals surface area contributed by atoms with Gasteiger partial charge in [-0.05, 0) is 85.2 Å². The molecule has 0 aromatic carbocycles. The fourth-order valence-electron chi connectivity index (χ4n) is 9.90. The molecule has 0 bridgehead atoms. The Bertz CT molecular complexity index is 1060. The summed E-state index contributed by atoms with van der Waals surface area (Å²) in [4.78, 5) is 40.4. The number of ether oxygens (including phenoxy) is 1. The molecule has 5 aliphatic carbocycles. The number of rotatable bonds is 1. The Morgan fingerprint density at radius 2 is 1.60 bits per heavy atom. The van der Waals surface area contributed by atoms with Crippen molar-refractivity contribution in [2.45, 2.75) is 93.4 Å². The quantitative estimate of drug-likeness (QED) is 0.403. The number of hydrogen-bond donors (Lipinski definition) is 0. The summed E-state index contributed by atoms with van der Waals surface area (Å²) in [5, 5.41) is 0. The summed E-state index contributed by atoms with van der Waals surface area (Å²) in [6.45, 7) is 15.7. The zero-order chi connectivity index (χ0) is 25.8. The van der Waals surface area contributed by atoms with Gasteiger partial charge in [0, 0.05) is 16.7 Å². The van der Waals surface area contributed by atoms with Gasteiger partial charge in [0.1, 0.15) is 0 Å². The summed E-state index contributed by atoms with van der Waals surface area (Å²) in [5.41, 5.74) is -0.345. The zero-order valence-electron chi connectivity index (χ0n) is 23.0. The van der Waals surface area contributed by atoms with Crippen LogP contribution in [0.2, 0.25) is 0 Å². The van der Waals surface area contributed by atoms with Gasteiger partial charge in [-0.3, -0.25) is 14.4 Å². The Kier molecular flexibility index (Phi) is 5.13. The van der Waals surface area contributed by atoms with Crippen LogP contribution in [0.15, 0.2) is 23.8 Å². The van der Waals surface area contributed by atoms with Gasteiger partial charge in [0.05, 0.1) is 12.5 Å². The fourth-order valence-corrected chi connectivity index (χ4v) is 9.90. The first-order chi connectivity index (χ1) is 16.1. The summed E-state index contributed by atoms with van der Waals surface area (Å²) in [5.74, 6) is 0.294. The first-order valence-electron chi connectivity index (χ1n) is 13.7. The number of carbonyl (C=O) groups excluding carboxylic acids is 3. The molecule has 2 unspecified atom stereocenters. The first-order valence-corrected chi connectivity index (χ1v) is 13.7. The van der Waals surface area contributed by atoms with E-state index >= 15 is 0 Å². The van der Waals surface area contributed by atoms with E-state index in [-0.39, 0.29) is 56.9 Å². The molecule has 4 heteroatoms. The number of methoxy groups -OCH3 is 1. The number of fused-ring (bicyclic) bond motifs is 7. The minimum atomic E-state index is -0.550. The average molecular weight is 481 g/mol. The molecule has 0 amide bonds. The van der Waals surface area contributed by atoms with Gasteiger partial charge in [-0.25, -0.2) is 0 Å². The Balaban J connectivity index is 1.68. The number of ketones is 2.